The second-order valence-electron chi connectivity index (χ2n) is 7.54. The lowest BCUT2D eigenvalue weighted by molar-refractivity contribution is -0.138. The number of rotatable bonds is 2. The molecule has 2 amide bonds. The standard InChI is InChI=1S/C19H23N3O3S/c20-13-19(4-1-2-5-19)18(24)22-10-15-9-21(6-7-25-16(15)11-22)17(23)14-3-8-26-12-14/h3,8,12,15-16H,1-2,4-7,9-11H2/t15-,16+/m0/s1. The summed E-state index contributed by atoms with van der Waals surface area (Å²) in [7, 11) is 0. The zero-order valence-corrected chi connectivity index (χ0v) is 15.5. The molecule has 4 rings (SSSR count). The van der Waals surface area contributed by atoms with Gasteiger partial charge in [-0.25, -0.2) is 0 Å². The van der Waals surface area contributed by atoms with Crippen LogP contribution in [0.15, 0.2) is 16.8 Å². The second-order valence-corrected chi connectivity index (χ2v) is 8.32. The van der Waals surface area contributed by atoms with Crippen molar-refractivity contribution < 1.29 is 14.3 Å². The van der Waals surface area contributed by atoms with Crippen molar-refractivity contribution in [2.45, 2.75) is 31.8 Å². The molecule has 26 heavy (non-hydrogen) atoms. The average molecular weight is 373 g/mol. The molecular formula is C19H23N3O3S. The van der Waals surface area contributed by atoms with Crippen LogP contribution < -0.4 is 0 Å². The van der Waals surface area contributed by atoms with E-state index in [0.717, 1.165) is 12.8 Å². The number of hydrogen-bond acceptors (Lipinski definition) is 5. The second kappa shape index (κ2) is 7.01. The van der Waals surface area contributed by atoms with Gasteiger partial charge in [-0.2, -0.15) is 16.6 Å². The fourth-order valence-electron chi connectivity index (χ4n) is 4.47. The number of carbonyl (C=O) groups is 2. The Morgan fingerprint density at radius 3 is 2.69 bits per heavy atom. The molecule has 1 aromatic heterocycles. The highest BCUT2D eigenvalue weighted by Crippen LogP contribution is 2.40. The molecule has 3 aliphatic rings. The first-order valence-corrected chi connectivity index (χ1v) is 10.2. The third-order valence-electron chi connectivity index (χ3n) is 5.95. The summed E-state index contributed by atoms with van der Waals surface area (Å²) in [6, 6.07) is 4.14. The van der Waals surface area contributed by atoms with Crippen LogP contribution in [0, 0.1) is 22.7 Å². The fourth-order valence-corrected chi connectivity index (χ4v) is 5.10. The number of hydrogen-bond donors (Lipinski definition) is 0. The maximum atomic E-state index is 13.0. The number of nitriles is 1. The molecule has 1 aliphatic carbocycles. The minimum atomic E-state index is -0.838. The molecule has 3 heterocycles. The number of likely N-dealkylation sites (tertiary alicyclic amines) is 1. The Hall–Kier alpha value is -1.91. The van der Waals surface area contributed by atoms with E-state index >= 15 is 0 Å². The van der Waals surface area contributed by atoms with Crippen LogP contribution in [0.2, 0.25) is 0 Å². The summed E-state index contributed by atoms with van der Waals surface area (Å²) in [4.78, 5) is 29.3. The van der Waals surface area contributed by atoms with E-state index in [1.54, 1.807) is 0 Å². The predicted octanol–water partition coefficient (Wildman–Crippen LogP) is 2.13. The predicted molar refractivity (Wildman–Crippen MR) is 96.5 cm³/mol. The first kappa shape index (κ1) is 17.5. The normalized spacial score (nSPS) is 27.7. The van der Waals surface area contributed by atoms with Crippen LogP contribution in [-0.2, 0) is 9.53 Å². The maximum Gasteiger partial charge on any atom is 0.254 e. The minimum absolute atomic E-state index is 0.0320. The Morgan fingerprint density at radius 2 is 2.00 bits per heavy atom. The minimum Gasteiger partial charge on any atom is -0.374 e. The van der Waals surface area contributed by atoms with Crippen molar-refractivity contribution in [2.75, 3.05) is 32.8 Å². The van der Waals surface area contributed by atoms with Gasteiger partial charge in [-0.15, -0.1) is 0 Å². The highest BCUT2D eigenvalue weighted by molar-refractivity contribution is 7.08. The summed E-state index contributed by atoms with van der Waals surface area (Å²) >= 11 is 1.51. The van der Waals surface area contributed by atoms with Crippen molar-refractivity contribution >= 4 is 23.2 Å². The Bertz CT molecular complexity index is 721. The van der Waals surface area contributed by atoms with E-state index in [4.69, 9.17) is 4.74 Å². The zero-order chi connectivity index (χ0) is 18.1. The molecule has 138 valence electrons. The number of nitrogens with zero attached hydrogens (tertiary/aromatic N) is 3. The molecular weight excluding hydrogens is 350 g/mol. The van der Waals surface area contributed by atoms with Gasteiger partial charge >= 0.3 is 0 Å². The van der Waals surface area contributed by atoms with E-state index in [0.29, 0.717) is 51.2 Å². The van der Waals surface area contributed by atoms with Gasteiger partial charge in [0.05, 0.1) is 24.3 Å². The van der Waals surface area contributed by atoms with Crippen LogP contribution in [-0.4, -0.2) is 60.5 Å². The van der Waals surface area contributed by atoms with Crippen molar-refractivity contribution in [3.8, 4) is 6.07 Å². The van der Waals surface area contributed by atoms with Crippen molar-refractivity contribution in [3.63, 3.8) is 0 Å². The lowest BCUT2D eigenvalue weighted by Crippen LogP contribution is -2.42. The van der Waals surface area contributed by atoms with Crippen molar-refractivity contribution in [3.05, 3.63) is 22.4 Å². The molecule has 1 saturated carbocycles. The van der Waals surface area contributed by atoms with Crippen LogP contribution in [0.5, 0.6) is 0 Å². The first-order valence-electron chi connectivity index (χ1n) is 9.27. The van der Waals surface area contributed by atoms with Gasteiger partial charge in [0.15, 0.2) is 0 Å². The first-order chi connectivity index (χ1) is 12.6. The third kappa shape index (κ3) is 3.01. The highest BCUT2D eigenvalue weighted by atomic mass is 32.1. The van der Waals surface area contributed by atoms with E-state index in [2.05, 4.69) is 6.07 Å². The summed E-state index contributed by atoms with van der Waals surface area (Å²) in [5.41, 5.74) is -0.121. The van der Waals surface area contributed by atoms with Gasteiger partial charge in [0.1, 0.15) is 5.41 Å². The third-order valence-corrected chi connectivity index (χ3v) is 6.64. The molecule has 0 aromatic carbocycles. The molecule has 0 spiro atoms. The van der Waals surface area contributed by atoms with Gasteiger partial charge < -0.3 is 14.5 Å². The molecule has 2 aliphatic heterocycles. The number of amides is 2. The Kier molecular flexibility index (Phi) is 4.72. The molecule has 7 heteroatoms. The smallest absolute Gasteiger partial charge is 0.254 e. The molecule has 2 saturated heterocycles. The van der Waals surface area contributed by atoms with Crippen LogP contribution in [0.25, 0.3) is 0 Å². The van der Waals surface area contributed by atoms with Crippen LogP contribution >= 0.6 is 11.3 Å². The number of ether oxygens (including phenoxy) is 1. The summed E-state index contributed by atoms with van der Waals surface area (Å²) in [6.07, 6.45) is 3.17. The largest absolute Gasteiger partial charge is 0.374 e. The Morgan fingerprint density at radius 1 is 1.23 bits per heavy atom. The lowest BCUT2D eigenvalue weighted by Gasteiger charge is -2.27. The molecule has 3 fully saturated rings. The van der Waals surface area contributed by atoms with Crippen molar-refractivity contribution in [1.29, 1.82) is 5.26 Å². The van der Waals surface area contributed by atoms with Gasteiger partial charge in [-0.05, 0) is 24.3 Å². The topological polar surface area (TPSA) is 73.6 Å². The van der Waals surface area contributed by atoms with Crippen LogP contribution in [0.4, 0.5) is 0 Å². The molecule has 0 N–H and O–H groups in total. The van der Waals surface area contributed by atoms with Gasteiger partial charge in [-0.3, -0.25) is 9.59 Å². The van der Waals surface area contributed by atoms with Gasteiger partial charge in [0, 0.05) is 37.5 Å². The maximum absolute atomic E-state index is 13.0. The van der Waals surface area contributed by atoms with E-state index in [9.17, 15) is 14.9 Å². The van der Waals surface area contributed by atoms with Gasteiger partial charge in [-0.1, -0.05) is 12.8 Å². The van der Waals surface area contributed by atoms with E-state index in [1.807, 2.05) is 26.6 Å². The molecule has 2 atom stereocenters. The highest BCUT2D eigenvalue weighted by Gasteiger charge is 2.48. The molecule has 0 unspecified atom stereocenters. The summed E-state index contributed by atoms with van der Waals surface area (Å²) in [6.45, 7) is 2.77. The molecule has 0 radical (unpaired) electrons. The SMILES string of the molecule is N#CC1(C(=O)N2C[C@@H]3CN(C(=O)c4ccsc4)CCO[C@@H]3C2)CCCC1. The lowest BCUT2D eigenvalue weighted by atomic mass is 9.86. The zero-order valence-electron chi connectivity index (χ0n) is 14.7. The molecule has 0 bridgehead atoms. The fraction of sp³-hybridized carbons (Fsp3) is 0.632. The molecule has 6 nitrogen and oxygen atoms in total. The number of fused-ring (bicyclic) bond motifs is 1. The molecule has 1 aromatic rings. The van der Waals surface area contributed by atoms with E-state index < -0.39 is 5.41 Å². The monoisotopic (exact) mass is 373 g/mol. The quantitative estimate of drug-likeness (QED) is 0.796. The summed E-state index contributed by atoms with van der Waals surface area (Å²) in [5.74, 6) is 0.107. The van der Waals surface area contributed by atoms with Crippen molar-refractivity contribution in [1.82, 2.24) is 9.80 Å². The van der Waals surface area contributed by atoms with Crippen LogP contribution in [0.3, 0.4) is 0 Å². The van der Waals surface area contributed by atoms with Gasteiger partial charge in [0.25, 0.3) is 5.91 Å². The van der Waals surface area contributed by atoms with Crippen LogP contribution in [0.1, 0.15) is 36.0 Å². The Labute approximate surface area is 157 Å². The summed E-state index contributed by atoms with van der Waals surface area (Å²) < 4.78 is 5.97. The van der Waals surface area contributed by atoms with Gasteiger partial charge in [0.2, 0.25) is 5.91 Å². The average Bonchev–Trinajstić information content (AvgIpc) is 3.40. The summed E-state index contributed by atoms with van der Waals surface area (Å²) in [5, 5.41) is 13.4. The van der Waals surface area contributed by atoms with Crippen molar-refractivity contribution in [2.24, 2.45) is 11.3 Å². The number of carbonyl (C=O) groups excluding carboxylic acids is 2. The van der Waals surface area contributed by atoms with E-state index in [1.165, 1.54) is 11.3 Å². The van der Waals surface area contributed by atoms with E-state index in [-0.39, 0.29) is 23.8 Å². The number of thiophene rings is 1. The Balaban J connectivity index is 1.46.